The van der Waals surface area contributed by atoms with Crippen molar-refractivity contribution >= 4 is 46.4 Å². The van der Waals surface area contributed by atoms with Crippen molar-refractivity contribution in [3.05, 3.63) is 29.3 Å². The molecule has 1 aliphatic rings. The monoisotopic (exact) mass is 380 g/mol. The Kier molecular flexibility index (Phi) is 5.51. The van der Waals surface area contributed by atoms with Gasteiger partial charge in [0.05, 0.1) is 12.6 Å². The molecule has 23 heavy (non-hydrogen) atoms. The summed E-state index contributed by atoms with van der Waals surface area (Å²) in [7, 11) is 0. The number of nitrogens with zero attached hydrogens (tertiary/aromatic N) is 2. The van der Waals surface area contributed by atoms with Crippen LogP contribution in [0.25, 0.3) is 10.6 Å². The summed E-state index contributed by atoms with van der Waals surface area (Å²) < 4.78 is 26.2. The molecule has 2 N–H and O–H groups in total. The minimum absolute atomic E-state index is 0. The van der Waals surface area contributed by atoms with Gasteiger partial charge in [0.25, 0.3) is 5.92 Å². The molecule has 1 aromatic heterocycles. The van der Waals surface area contributed by atoms with Crippen molar-refractivity contribution in [3.8, 4) is 10.6 Å². The highest BCUT2D eigenvalue weighted by Gasteiger charge is 2.42. The summed E-state index contributed by atoms with van der Waals surface area (Å²) in [6.07, 6.45) is -0.515. The second kappa shape index (κ2) is 7.04. The third-order valence-corrected chi connectivity index (χ3v) is 4.28. The van der Waals surface area contributed by atoms with Gasteiger partial charge in [0, 0.05) is 17.0 Å². The first-order valence-electron chi connectivity index (χ1n) is 6.44. The molecule has 0 spiro atoms. The van der Waals surface area contributed by atoms with E-state index in [-0.39, 0.29) is 17.5 Å². The highest BCUT2D eigenvalue weighted by Crippen LogP contribution is 2.29. The fourth-order valence-electron chi connectivity index (χ4n) is 2.11. The first kappa shape index (κ1) is 18.0. The molecule has 1 fully saturated rings. The van der Waals surface area contributed by atoms with Gasteiger partial charge in [-0.3, -0.25) is 15.4 Å². The van der Waals surface area contributed by atoms with Crippen molar-refractivity contribution in [2.45, 2.75) is 18.4 Å². The molecule has 1 saturated heterocycles. The molecule has 2 aromatic rings. The summed E-state index contributed by atoms with van der Waals surface area (Å²) in [5.74, 6) is -3.39. The lowest BCUT2D eigenvalue weighted by Gasteiger charge is -2.08. The predicted octanol–water partition coefficient (Wildman–Crippen LogP) is 3.22. The Labute approximate surface area is 145 Å². The molecule has 1 aromatic carbocycles. The van der Waals surface area contributed by atoms with Gasteiger partial charge < -0.3 is 0 Å². The maximum atomic E-state index is 13.1. The van der Waals surface area contributed by atoms with Crippen LogP contribution < -0.4 is 10.6 Å². The Morgan fingerprint density at radius 3 is 2.87 bits per heavy atom. The molecule has 1 atom stereocenters. The molecule has 0 aliphatic carbocycles. The number of halogens is 4. The van der Waals surface area contributed by atoms with Crippen LogP contribution >= 0.6 is 35.3 Å². The van der Waals surface area contributed by atoms with Gasteiger partial charge in [-0.25, -0.2) is 8.78 Å². The lowest BCUT2D eigenvalue weighted by atomic mass is 10.2. The maximum absolute atomic E-state index is 13.1. The van der Waals surface area contributed by atoms with Gasteiger partial charge in [-0.15, -0.1) is 22.6 Å². The van der Waals surface area contributed by atoms with E-state index < -0.39 is 30.8 Å². The molecule has 1 aliphatic heterocycles. The van der Waals surface area contributed by atoms with Crippen LogP contribution in [0, 0.1) is 0 Å². The summed E-state index contributed by atoms with van der Waals surface area (Å²) in [5.41, 5.74) is 0.774. The SMILES string of the molecule is Cl.O=C(Nc1nnc(-c2cccc(Cl)c2)s1)C1CC(F)(F)CN1. The van der Waals surface area contributed by atoms with Crippen LogP contribution in [-0.2, 0) is 4.79 Å². The minimum Gasteiger partial charge on any atom is -0.300 e. The van der Waals surface area contributed by atoms with Crippen LogP contribution in [0.3, 0.4) is 0 Å². The third kappa shape index (κ3) is 4.35. The highest BCUT2D eigenvalue weighted by molar-refractivity contribution is 7.18. The van der Waals surface area contributed by atoms with Gasteiger partial charge in [-0.05, 0) is 12.1 Å². The van der Waals surface area contributed by atoms with Gasteiger partial charge >= 0.3 is 0 Å². The number of hydrogen-bond acceptors (Lipinski definition) is 5. The molecule has 0 saturated carbocycles. The Morgan fingerprint density at radius 1 is 1.43 bits per heavy atom. The number of nitrogens with one attached hydrogen (secondary N) is 2. The van der Waals surface area contributed by atoms with Crippen molar-refractivity contribution in [1.82, 2.24) is 15.5 Å². The molecule has 0 radical (unpaired) electrons. The smallest absolute Gasteiger partial charge is 0.262 e. The van der Waals surface area contributed by atoms with Crippen LogP contribution in [0.15, 0.2) is 24.3 Å². The summed E-state index contributed by atoms with van der Waals surface area (Å²) in [6, 6.07) is 6.14. The third-order valence-electron chi connectivity index (χ3n) is 3.15. The van der Waals surface area contributed by atoms with Gasteiger partial charge in [0.2, 0.25) is 11.0 Å². The summed E-state index contributed by atoms with van der Waals surface area (Å²) in [5, 5.41) is 14.2. The Balaban J connectivity index is 0.00000192. The van der Waals surface area contributed by atoms with Crippen LogP contribution in [-0.4, -0.2) is 34.6 Å². The average Bonchev–Trinajstić information content (AvgIpc) is 3.05. The second-order valence-electron chi connectivity index (χ2n) is 4.91. The molecule has 2 heterocycles. The molecular formula is C13H12Cl2F2N4OS. The van der Waals surface area contributed by atoms with Gasteiger partial charge in [-0.2, -0.15) is 0 Å². The highest BCUT2D eigenvalue weighted by atomic mass is 35.5. The number of aromatic nitrogens is 2. The standard InChI is InChI=1S/C13H11ClF2N4OS.ClH/c14-8-3-1-2-7(4-8)11-19-20-12(22-11)18-10(21)9-5-13(15,16)6-17-9;/h1-4,9,17H,5-6H2,(H,18,20,21);1H. The lowest BCUT2D eigenvalue weighted by molar-refractivity contribution is -0.118. The van der Waals surface area contributed by atoms with E-state index in [1.807, 2.05) is 6.07 Å². The largest absolute Gasteiger partial charge is 0.300 e. The second-order valence-corrected chi connectivity index (χ2v) is 6.32. The minimum atomic E-state index is -2.85. The Morgan fingerprint density at radius 2 is 2.22 bits per heavy atom. The number of hydrogen-bond donors (Lipinski definition) is 2. The van der Waals surface area contributed by atoms with Gasteiger partial charge in [0.1, 0.15) is 5.01 Å². The van der Waals surface area contributed by atoms with E-state index in [0.717, 1.165) is 16.9 Å². The van der Waals surface area contributed by atoms with E-state index in [1.165, 1.54) is 0 Å². The number of anilines is 1. The van der Waals surface area contributed by atoms with Crippen LogP contribution in [0.2, 0.25) is 5.02 Å². The average molecular weight is 381 g/mol. The number of alkyl halides is 2. The van der Waals surface area contributed by atoms with Crippen molar-refractivity contribution in [1.29, 1.82) is 0 Å². The lowest BCUT2D eigenvalue weighted by Crippen LogP contribution is -2.35. The molecule has 10 heteroatoms. The Bertz CT molecular complexity index is 713. The van der Waals surface area contributed by atoms with Crippen molar-refractivity contribution in [3.63, 3.8) is 0 Å². The van der Waals surface area contributed by atoms with E-state index >= 15 is 0 Å². The zero-order valence-electron chi connectivity index (χ0n) is 11.6. The molecule has 1 unspecified atom stereocenters. The zero-order valence-corrected chi connectivity index (χ0v) is 13.9. The van der Waals surface area contributed by atoms with Crippen molar-refractivity contribution in [2.75, 3.05) is 11.9 Å². The van der Waals surface area contributed by atoms with Crippen LogP contribution in [0.5, 0.6) is 0 Å². The van der Waals surface area contributed by atoms with Crippen molar-refractivity contribution < 1.29 is 13.6 Å². The van der Waals surface area contributed by atoms with Crippen LogP contribution in [0.1, 0.15) is 6.42 Å². The summed E-state index contributed by atoms with van der Waals surface area (Å²) in [6.45, 7) is -0.491. The van der Waals surface area contributed by atoms with Gasteiger partial charge in [0.15, 0.2) is 0 Å². The summed E-state index contributed by atoms with van der Waals surface area (Å²) >= 11 is 7.06. The normalized spacial score (nSPS) is 19.2. The number of carbonyl (C=O) groups excluding carboxylic acids is 1. The van der Waals surface area contributed by atoms with Crippen molar-refractivity contribution in [2.24, 2.45) is 0 Å². The quantitative estimate of drug-likeness (QED) is 0.857. The van der Waals surface area contributed by atoms with E-state index in [1.54, 1.807) is 18.2 Å². The van der Waals surface area contributed by atoms with Gasteiger partial charge in [-0.1, -0.05) is 35.1 Å². The fourth-order valence-corrected chi connectivity index (χ4v) is 3.04. The topological polar surface area (TPSA) is 66.9 Å². The Hall–Kier alpha value is -1.35. The first-order chi connectivity index (χ1) is 10.4. The molecule has 3 rings (SSSR count). The number of rotatable bonds is 3. The number of amides is 1. The van der Waals surface area contributed by atoms with E-state index in [4.69, 9.17) is 11.6 Å². The van der Waals surface area contributed by atoms with E-state index in [2.05, 4.69) is 20.8 Å². The fraction of sp³-hybridized carbons (Fsp3) is 0.308. The predicted molar refractivity (Wildman–Crippen MR) is 87.6 cm³/mol. The molecular weight excluding hydrogens is 369 g/mol. The molecule has 1 amide bonds. The van der Waals surface area contributed by atoms with E-state index in [0.29, 0.717) is 10.0 Å². The molecule has 5 nitrogen and oxygen atoms in total. The number of benzene rings is 1. The number of carbonyl (C=O) groups is 1. The van der Waals surface area contributed by atoms with E-state index in [9.17, 15) is 13.6 Å². The molecule has 124 valence electrons. The zero-order chi connectivity index (χ0) is 15.7. The maximum Gasteiger partial charge on any atom is 0.262 e. The summed E-state index contributed by atoms with van der Waals surface area (Å²) in [4.78, 5) is 11.9. The molecule has 0 bridgehead atoms. The first-order valence-corrected chi connectivity index (χ1v) is 7.64. The van der Waals surface area contributed by atoms with Crippen LogP contribution in [0.4, 0.5) is 13.9 Å².